The van der Waals surface area contributed by atoms with Crippen LogP contribution in [0, 0.1) is 0 Å². The van der Waals surface area contributed by atoms with Crippen LogP contribution in [0.5, 0.6) is 5.75 Å². The fourth-order valence-electron chi connectivity index (χ4n) is 2.73. The zero-order chi connectivity index (χ0) is 20.1. The van der Waals surface area contributed by atoms with Gasteiger partial charge in [-0.2, -0.15) is 0 Å². The maximum atomic E-state index is 12.7. The highest BCUT2D eigenvalue weighted by Gasteiger charge is 2.22. The summed E-state index contributed by atoms with van der Waals surface area (Å²) in [5, 5.41) is 0. The monoisotopic (exact) mass is 406 g/mol. The van der Waals surface area contributed by atoms with Gasteiger partial charge in [0, 0.05) is 5.56 Å². The molecule has 0 bridgehead atoms. The smallest absolute Gasteiger partial charge is 0.264 e. The predicted octanol–water partition coefficient (Wildman–Crippen LogP) is 4.72. The Balaban J connectivity index is 1.65. The molecule has 0 unspecified atom stereocenters. The molecule has 0 saturated heterocycles. The molecule has 0 saturated carbocycles. The summed E-state index contributed by atoms with van der Waals surface area (Å²) in [7, 11) is -3.82. The van der Waals surface area contributed by atoms with E-state index in [2.05, 4.69) is 9.71 Å². The van der Waals surface area contributed by atoms with E-state index in [4.69, 9.17) is 9.15 Å². The number of nitrogens with one attached hydrogen (secondary N) is 1. The van der Waals surface area contributed by atoms with Gasteiger partial charge in [0.05, 0.1) is 4.90 Å². The molecule has 29 heavy (non-hydrogen) atoms. The number of benzene rings is 3. The minimum absolute atomic E-state index is 0.0479. The van der Waals surface area contributed by atoms with Gasteiger partial charge in [-0.3, -0.25) is 0 Å². The molecule has 0 radical (unpaired) electrons. The van der Waals surface area contributed by atoms with Crippen molar-refractivity contribution < 1.29 is 17.6 Å². The van der Waals surface area contributed by atoms with E-state index < -0.39 is 10.0 Å². The molecule has 1 heterocycles. The van der Waals surface area contributed by atoms with Crippen LogP contribution in [0.1, 0.15) is 5.89 Å². The molecule has 3 aromatic carbocycles. The normalized spacial score (nSPS) is 11.2. The summed E-state index contributed by atoms with van der Waals surface area (Å²) in [5.41, 5.74) is 1.13. The molecule has 0 atom stereocenters. The van der Waals surface area contributed by atoms with Crippen LogP contribution in [-0.2, 0) is 16.6 Å². The lowest BCUT2D eigenvalue weighted by molar-refractivity contribution is 0.265. The highest BCUT2D eigenvalue weighted by atomic mass is 32.2. The van der Waals surface area contributed by atoms with E-state index in [1.165, 1.54) is 12.1 Å². The second-order valence-corrected chi connectivity index (χ2v) is 7.85. The Labute approximate surface area is 168 Å². The van der Waals surface area contributed by atoms with Crippen LogP contribution in [0.2, 0.25) is 0 Å². The molecular weight excluding hydrogens is 388 g/mol. The molecule has 0 aliphatic rings. The molecule has 4 rings (SSSR count). The number of hydrogen-bond donors (Lipinski definition) is 1. The Bertz CT molecular complexity index is 1180. The van der Waals surface area contributed by atoms with Crippen molar-refractivity contribution in [3.63, 3.8) is 0 Å². The maximum Gasteiger partial charge on any atom is 0.264 e. The SMILES string of the molecule is O=S(=O)(Nc1oc(COc2ccccc2)nc1-c1ccccc1)c1ccccc1. The van der Waals surface area contributed by atoms with Crippen molar-refractivity contribution in [3.05, 3.63) is 96.9 Å². The third kappa shape index (κ3) is 4.47. The number of sulfonamides is 1. The second-order valence-electron chi connectivity index (χ2n) is 6.17. The zero-order valence-electron chi connectivity index (χ0n) is 15.4. The molecule has 7 heteroatoms. The number of anilines is 1. The van der Waals surface area contributed by atoms with Gasteiger partial charge in [0.15, 0.2) is 6.61 Å². The third-order valence-electron chi connectivity index (χ3n) is 4.10. The van der Waals surface area contributed by atoms with Crippen molar-refractivity contribution >= 4 is 15.9 Å². The van der Waals surface area contributed by atoms with Crippen LogP contribution in [-0.4, -0.2) is 13.4 Å². The number of nitrogens with zero attached hydrogens (tertiary/aromatic N) is 1. The lowest BCUT2D eigenvalue weighted by atomic mass is 10.2. The molecule has 0 aliphatic carbocycles. The average Bonchev–Trinajstić information content (AvgIpc) is 3.16. The maximum absolute atomic E-state index is 12.7. The summed E-state index contributed by atoms with van der Waals surface area (Å²) in [6.45, 7) is 0.0664. The van der Waals surface area contributed by atoms with Crippen LogP contribution in [0.4, 0.5) is 5.88 Å². The van der Waals surface area contributed by atoms with E-state index >= 15 is 0 Å². The Morgan fingerprint density at radius 2 is 1.41 bits per heavy atom. The van der Waals surface area contributed by atoms with Gasteiger partial charge in [-0.05, 0) is 24.3 Å². The van der Waals surface area contributed by atoms with Crippen molar-refractivity contribution in [1.82, 2.24) is 4.98 Å². The summed E-state index contributed by atoms with van der Waals surface area (Å²) in [4.78, 5) is 4.59. The fraction of sp³-hybridized carbons (Fsp3) is 0.0455. The first-order valence-electron chi connectivity index (χ1n) is 8.93. The largest absolute Gasteiger partial charge is 0.484 e. The average molecular weight is 406 g/mol. The first-order chi connectivity index (χ1) is 14.1. The molecule has 1 N–H and O–H groups in total. The topological polar surface area (TPSA) is 81.4 Å². The summed E-state index contributed by atoms with van der Waals surface area (Å²) >= 11 is 0. The quantitative estimate of drug-likeness (QED) is 0.480. The molecule has 0 aliphatic heterocycles. The first-order valence-corrected chi connectivity index (χ1v) is 10.4. The molecule has 0 spiro atoms. The van der Waals surface area contributed by atoms with Gasteiger partial charge in [0.25, 0.3) is 10.0 Å². The number of aromatic nitrogens is 1. The molecule has 6 nitrogen and oxygen atoms in total. The van der Waals surface area contributed by atoms with E-state index in [-0.39, 0.29) is 23.3 Å². The minimum atomic E-state index is -3.82. The molecule has 1 aromatic heterocycles. The van der Waals surface area contributed by atoms with Gasteiger partial charge < -0.3 is 9.15 Å². The van der Waals surface area contributed by atoms with Gasteiger partial charge in [0.2, 0.25) is 11.8 Å². The zero-order valence-corrected chi connectivity index (χ0v) is 16.2. The third-order valence-corrected chi connectivity index (χ3v) is 5.45. The van der Waals surface area contributed by atoms with E-state index in [0.717, 1.165) is 5.56 Å². The lowest BCUT2D eigenvalue weighted by Crippen LogP contribution is -2.12. The predicted molar refractivity (Wildman–Crippen MR) is 110 cm³/mol. The second kappa shape index (κ2) is 8.20. The van der Waals surface area contributed by atoms with E-state index in [1.54, 1.807) is 18.2 Å². The van der Waals surface area contributed by atoms with Gasteiger partial charge in [-0.15, -0.1) is 0 Å². The number of ether oxygens (including phenoxy) is 1. The molecule has 146 valence electrons. The molecule has 0 amide bonds. The molecule has 0 fully saturated rings. The van der Waals surface area contributed by atoms with Crippen molar-refractivity contribution in [1.29, 1.82) is 0 Å². The molecular formula is C22H18N2O4S. The van der Waals surface area contributed by atoms with E-state index in [1.807, 2.05) is 60.7 Å². The number of hydrogen-bond acceptors (Lipinski definition) is 5. The Hall–Kier alpha value is -3.58. The van der Waals surface area contributed by atoms with Gasteiger partial charge >= 0.3 is 0 Å². The van der Waals surface area contributed by atoms with E-state index in [9.17, 15) is 8.42 Å². The van der Waals surface area contributed by atoms with Crippen molar-refractivity contribution in [2.75, 3.05) is 4.72 Å². The highest BCUT2D eigenvalue weighted by molar-refractivity contribution is 7.92. The van der Waals surface area contributed by atoms with Gasteiger partial charge in [-0.25, -0.2) is 18.1 Å². The molecule has 4 aromatic rings. The number of para-hydroxylation sites is 1. The standard InChI is InChI=1S/C22H18N2O4S/c25-29(26,19-14-8-3-9-15-19)24-22-21(17-10-4-1-5-11-17)23-20(28-22)16-27-18-12-6-2-7-13-18/h1-15,24H,16H2. The van der Waals surface area contributed by atoms with Gasteiger partial charge in [-0.1, -0.05) is 66.7 Å². The summed E-state index contributed by atoms with van der Waals surface area (Å²) < 4.78 is 39.4. The fourth-order valence-corrected chi connectivity index (χ4v) is 3.75. The minimum Gasteiger partial charge on any atom is -0.484 e. The summed E-state index contributed by atoms with van der Waals surface area (Å²) in [6.07, 6.45) is 0. The first kappa shape index (κ1) is 18.8. The van der Waals surface area contributed by atoms with Crippen LogP contribution in [0.25, 0.3) is 11.3 Å². The lowest BCUT2D eigenvalue weighted by Gasteiger charge is -2.06. The van der Waals surface area contributed by atoms with Crippen LogP contribution in [0.3, 0.4) is 0 Å². The number of oxazole rings is 1. The van der Waals surface area contributed by atoms with Crippen molar-refractivity contribution in [2.24, 2.45) is 0 Å². The Kier molecular flexibility index (Phi) is 5.31. The van der Waals surface area contributed by atoms with Gasteiger partial charge in [0.1, 0.15) is 11.4 Å². The van der Waals surface area contributed by atoms with Crippen LogP contribution < -0.4 is 9.46 Å². The van der Waals surface area contributed by atoms with Crippen molar-refractivity contribution in [3.8, 4) is 17.0 Å². The highest BCUT2D eigenvalue weighted by Crippen LogP contribution is 2.30. The van der Waals surface area contributed by atoms with Crippen molar-refractivity contribution in [2.45, 2.75) is 11.5 Å². The summed E-state index contributed by atoms with van der Waals surface area (Å²) in [6, 6.07) is 26.6. The number of rotatable bonds is 7. The Morgan fingerprint density at radius 3 is 2.07 bits per heavy atom. The summed E-state index contributed by atoms with van der Waals surface area (Å²) in [5.74, 6) is 0.976. The van der Waals surface area contributed by atoms with Crippen LogP contribution in [0.15, 0.2) is 100 Å². The van der Waals surface area contributed by atoms with E-state index in [0.29, 0.717) is 11.4 Å². The Morgan fingerprint density at radius 1 is 0.828 bits per heavy atom. The van der Waals surface area contributed by atoms with Crippen LogP contribution >= 0.6 is 0 Å².